The fourth-order valence-corrected chi connectivity index (χ4v) is 9.68. The number of rotatable bonds is 3. The van der Waals surface area contributed by atoms with Crippen molar-refractivity contribution in [2.45, 2.75) is 0 Å². The van der Waals surface area contributed by atoms with Gasteiger partial charge in [0.05, 0.1) is 33.5 Å². The fourth-order valence-electron chi connectivity index (χ4n) is 8.50. The summed E-state index contributed by atoms with van der Waals surface area (Å²) in [5.41, 5.74) is 9.31. The zero-order valence-corrected chi connectivity index (χ0v) is 28.7. The Bertz CT molecular complexity index is 3320. The van der Waals surface area contributed by atoms with Crippen LogP contribution in [-0.4, -0.2) is 14.5 Å². The number of fused-ring (bicyclic) bond motifs is 3. The van der Waals surface area contributed by atoms with Crippen LogP contribution in [0.5, 0.6) is 0 Å². The largest absolute Gasteiger partial charge is 0.309 e. The molecule has 0 amide bonds. The number of benzene rings is 9. The molecule has 0 bridgehead atoms. The lowest BCUT2D eigenvalue weighted by Crippen LogP contribution is -1.96. The van der Waals surface area contributed by atoms with E-state index in [-0.39, 0.29) is 0 Å². The molecule has 0 aliphatic heterocycles. The maximum atomic E-state index is 5.23. The minimum atomic E-state index is 0.889. The van der Waals surface area contributed by atoms with Crippen molar-refractivity contribution in [1.29, 1.82) is 0 Å². The number of nitrogens with zero attached hydrogens (tertiary/aromatic N) is 3. The molecule has 12 rings (SSSR count). The van der Waals surface area contributed by atoms with Crippen LogP contribution in [0.1, 0.15) is 0 Å². The van der Waals surface area contributed by atoms with Crippen LogP contribution in [0.2, 0.25) is 0 Å². The first-order chi connectivity index (χ1) is 25.7. The van der Waals surface area contributed by atoms with E-state index in [0.717, 1.165) is 39.2 Å². The lowest BCUT2D eigenvalue weighted by atomic mass is 9.98. The minimum absolute atomic E-state index is 0.889. The van der Waals surface area contributed by atoms with Crippen molar-refractivity contribution < 1.29 is 0 Å². The molecule has 52 heavy (non-hydrogen) atoms. The Balaban J connectivity index is 1.07. The van der Waals surface area contributed by atoms with Crippen LogP contribution in [0, 0.1) is 0 Å². The maximum Gasteiger partial charge on any atom is 0.0973 e. The van der Waals surface area contributed by atoms with Gasteiger partial charge in [0.2, 0.25) is 0 Å². The van der Waals surface area contributed by atoms with Crippen molar-refractivity contribution in [3.05, 3.63) is 164 Å². The highest BCUT2D eigenvalue weighted by Crippen LogP contribution is 2.46. The van der Waals surface area contributed by atoms with Gasteiger partial charge in [-0.25, -0.2) is 9.97 Å². The van der Waals surface area contributed by atoms with Crippen LogP contribution < -0.4 is 0 Å². The van der Waals surface area contributed by atoms with Gasteiger partial charge in [-0.05, 0) is 93.0 Å². The number of para-hydroxylation sites is 2. The molecule has 0 N–H and O–H groups in total. The standard InChI is InChI=1S/C48H27N3S/c1-2-8-31-25-34(17-15-28(31)7-1)47-48(50-38-12-4-3-11-37(38)49-47)35-18-16-33-27-36(22-19-32(33)26-35)51-39-23-20-29-9-5-13-41-43(29)45(39)46-40(51)24-21-30-10-6-14-42(52-41)44(30)46/h1-27H. The number of hydrogen-bond donors (Lipinski definition) is 0. The molecule has 9 aromatic carbocycles. The molecule has 0 spiro atoms. The van der Waals surface area contributed by atoms with Crippen molar-refractivity contribution in [3.8, 4) is 28.2 Å². The molecular weight excluding hydrogens is 651 g/mol. The Morgan fingerprint density at radius 2 is 0.846 bits per heavy atom. The summed E-state index contributed by atoms with van der Waals surface area (Å²) in [4.78, 5) is 10.4. The van der Waals surface area contributed by atoms with Crippen molar-refractivity contribution in [3.63, 3.8) is 0 Å². The third-order valence-electron chi connectivity index (χ3n) is 10.9. The van der Waals surface area contributed by atoms with E-state index in [0.29, 0.717) is 0 Å². The molecule has 3 nitrogen and oxygen atoms in total. The normalized spacial score (nSPS) is 12.2. The van der Waals surface area contributed by atoms with E-state index in [1.54, 1.807) is 0 Å². The Hall–Kier alpha value is -6.62. The van der Waals surface area contributed by atoms with E-state index < -0.39 is 0 Å². The highest BCUT2D eigenvalue weighted by molar-refractivity contribution is 7.24. The summed E-state index contributed by atoms with van der Waals surface area (Å²) >= 11 is 1.89. The van der Waals surface area contributed by atoms with Crippen LogP contribution in [-0.2, 0) is 0 Å². The molecule has 240 valence electrons. The van der Waals surface area contributed by atoms with Gasteiger partial charge in [0.25, 0.3) is 0 Å². The summed E-state index contributed by atoms with van der Waals surface area (Å²) in [6, 6.07) is 59.4. The zero-order chi connectivity index (χ0) is 33.9. The van der Waals surface area contributed by atoms with Gasteiger partial charge in [-0.2, -0.15) is 0 Å². The predicted octanol–water partition coefficient (Wildman–Crippen LogP) is 13.3. The van der Waals surface area contributed by atoms with Gasteiger partial charge in [-0.1, -0.05) is 103 Å². The van der Waals surface area contributed by atoms with Crippen LogP contribution in [0.4, 0.5) is 0 Å². The first kappa shape index (κ1) is 28.1. The molecule has 0 saturated heterocycles. The lowest BCUT2D eigenvalue weighted by molar-refractivity contribution is 1.19. The quantitative estimate of drug-likeness (QED) is 0.186. The minimum Gasteiger partial charge on any atom is -0.309 e. The molecule has 0 saturated carbocycles. The Kier molecular flexibility index (Phi) is 5.65. The average molecular weight is 678 g/mol. The van der Waals surface area contributed by atoms with Crippen molar-refractivity contribution in [2.75, 3.05) is 0 Å². The molecule has 0 unspecified atom stereocenters. The third kappa shape index (κ3) is 3.95. The van der Waals surface area contributed by atoms with Crippen LogP contribution >= 0.6 is 11.3 Å². The zero-order valence-electron chi connectivity index (χ0n) is 27.8. The van der Waals surface area contributed by atoms with Crippen LogP contribution in [0.25, 0.3) is 114 Å². The van der Waals surface area contributed by atoms with Crippen molar-refractivity contribution >= 4 is 96.7 Å². The molecule has 0 aliphatic carbocycles. The summed E-state index contributed by atoms with van der Waals surface area (Å²) in [6.45, 7) is 0. The van der Waals surface area contributed by atoms with Gasteiger partial charge < -0.3 is 4.57 Å². The highest BCUT2D eigenvalue weighted by atomic mass is 32.1. The molecule has 4 heteroatoms. The number of hydrogen-bond acceptors (Lipinski definition) is 3. The predicted molar refractivity (Wildman–Crippen MR) is 221 cm³/mol. The van der Waals surface area contributed by atoms with Gasteiger partial charge >= 0.3 is 0 Å². The van der Waals surface area contributed by atoms with Gasteiger partial charge in [0.1, 0.15) is 0 Å². The van der Waals surface area contributed by atoms with Gasteiger partial charge in [0, 0.05) is 47.8 Å². The maximum absolute atomic E-state index is 5.23. The second-order valence-electron chi connectivity index (χ2n) is 13.8. The van der Waals surface area contributed by atoms with E-state index in [1.165, 1.54) is 74.3 Å². The van der Waals surface area contributed by atoms with Crippen molar-refractivity contribution in [1.82, 2.24) is 14.5 Å². The second-order valence-corrected chi connectivity index (χ2v) is 14.9. The molecule has 3 heterocycles. The number of aromatic nitrogens is 3. The first-order valence-electron chi connectivity index (χ1n) is 17.7. The summed E-state index contributed by atoms with van der Waals surface area (Å²) in [5.74, 6) is 0. The molecular formula is C48H27N3S. The second kappa shape index (κ2) is 10.5. The Labute approximate surface area is 302 Å². The Morgan fingerprint density at radius 1 is 0.365 bits per heavy atom. The first-order valence-corrected chi connectivity index (χ1v) is 18.5. The monoisotopic (exact) mass is 677 g/mol. The average Bonchev–Trinajstić information content (AvgIpc) is 3.46. The summed E-state index contributed by atoms with van der Waals surface area (Å²) in [5, 5.41) is 12.7. The molecule has 0 radical (unpaired) electrons. The van der Waals surface area contributed by atoms with Crippen molar-refractivity contribution in [2.24, 2.45) is 0 Å². The van der Waals surface area contributed by atoms with E-state index in [9.17, 15) is 0 Å². The Morgan fingerprint density at radius 3 is 1.48 bits per heavy atom. The van der Waals surface area contributed by atoms with E-state index >= 15 is 0 Å². The van der Waals surface area contributed by atoms with E-state index in [2.05, 4.69) is 144 Å². The topological polar surface area (TPSA) is 30.7 Å². The molecule has 12 aromatic rings. The van der Waals surface area contributed by atoms with Gasteiger partial charge in [-0.3, -0.25) is 0 Å². The molecule has 3 aromatic heterocycles. The highest BCUT2D eigenvalue weighted by Gasteiger charge is 2.21. The smallest absolute Gasteiger partial charge is 0.0973 e. The van der Waals surface area contributed by atoms with E-state index in [4.69, 9.17) is 9.97 Å². The van der Waals surface area contributed by atoms with Crippen LogP contribution in [0.15, 0.2) is 164 Å². The fraction of sp³-hybridized carbons (Fsp3) is 0. The van der Waals surface area contributed by atoms with Crippen LogP contribution in [0.3, 0.4) is 0 Å². The summed E-state index contributed by atoms with van der Waals surface area (Å²) < 4.78 is 5.10. The van der Waals surface area contributed by atoms with Gasteiger partial charge in [0.15, 0.2) is 0 Å². The lowest BCUT2D eigenvalue weighted by Gasteiger charge is -2.13. The van der Waals surface area contributed by atoms with Gasteiger partial charge in [-0.15, -0.1) is 11.3 Å². The third-order valence-corrected chi connectivity index (χ3v) is 12.0. The van der Waals surface area contributed by atoms with E-state index in [1.807, 2.05) is 35.6 Å². The summed E-state index contributed by atoms with van der Waals surface area (Å²) in [6.07, 6.45) is 0. The molecule has 0 aliphatic rings. The summed E-state index contributed by atoms with van der Waals surface area (Å²) in [7, 11) is 0. The molecule has 0 fully saturated rings. The molecule has 0 atom stereocenters. The SMILES string of the molecule is c1ccc2cc(-c3nc4ccccc4nc3-c3ccc4cc(-n5c6ccc7cccc8sc9cccc%10ccc5c(c%109)c6c78)ccc4c3)ccc2c1.